The summed E-state index contributed by atoms with van der Waals surface area (Å²) in [5.74, 6) is 2.40. The normalized spacial score (nSPS) is 36.9. The first-order chi connectivity index (χ1) is 5.77. The van der Waals surface area contributed by atoms with E-state index in [2.05, 4.69) is 5.92 Å². The van der Waals surface area contributed by atoms with E-state index in [-0.39, 0.29) is 11.9 Å². The number of ether oxygens (including phenoxy) is 1. The van der Waals surface area contributed by atoms with Gasteiger partial charge >= 0.3 is 0 Å². The standard InChI is InChI=1S/C10H8O2/c1-2-6-10-7-5-8(12-10)3-4-9(10)11/h1,3-5,7-8H,6H2. The molecular weight excluding hydrogens is 152 g/mol. The van der Waals surface area contributed by atoms with Crippen molar-refractivity contribution in [3.05, 3.63) is 24.3 Å². The van der Waals surface area contributed by atoms with Gasteiger partial charge in [-0.2, -0.15) is 0 Å². The maximum Gasteiger partial charge on any atom is 0.192 e. The molecule has 2 atom stereocenters. The van der Waals surface area contributed by atoms with Gasteiger partial charge in [0, 0.05) is 6.42 Å². The van der Waals surface area contributed by atoms with Crippen LogP contribution in [0.15, 0.2) is 24.3 Å². The van der Waals surface area contributed by atoms with E-state index in [9.17, 15) is 4.79 Å². The first-order valence-corrected chi connectivity index (χ1v) is 3.80. The highest BCUT2D eigenvalue weighted by Gasteiger charge is 2.42. The lowest BCUT2D eigenvalue weighted by Gasteiger charge is -2.26. The molecule has 0 aliphatic carbocycles. The lowest BCUT2D eigenvalue weighted by atomic mass is 9.94. The molecule has 2 rings (SSSR count). The molecule has 2 aliphatic heterocycles. The fourth-order valence-corrected chi connectivity index (χ4v) is 1.48. The lowest BCUT2D eigenvalue weighted by Crippen LogP contribution is -2.39. The Labute approximate surface area is 70.9 Å². The molecule has 0 N–H and O–H groups in total. The minimum absolute atomic E-state index is 0.0505. The van der Waals surface area contributed by atoms with Gasteiger partial charge in [-0.15, -0.1) is 12.3 Å². The van der Waals surface area contributed by atoms with Gasteiger partial charge in [-0.3, -0.25) is 4.79 Å². The van der Waals surface area contributed by atoms with Crippen molar-refractivity contribution in [2.75, 3.05) is 0 Å². The second-order valence-electron chi connectivity index (χ2n) is 2.94. The highest BCUT2D eigenvalue weighted by atomic mass is 16.5. The Kier molecular flexibility index (Phi) is 1.42. The Morgan fingerprint density at radius 3 is 3.25 bits per heavy atom. The van der Waals surface area contributed by atoms with Gasteiger partial charge in [0.2, 0.25) is 0 Å². The van der Waals surface area contributed by atoms with Crippen LogP contribution in [0.2, 0.25) is 0 Å². The number of carbonyl (C=O) groups excluding carboxylic acids is 1. The van der Waals surface area contributed by atoms with Crippen LogP contribution in [0.5, 0.6) is 0 Å². The minimum Gasteiger partial charge on any atom is -0.350 e. The van der Waals surface area contributed by atoms with Crippen molar-refractivity contribution in [2.24, 2.45) is 0 Å². The molecule has 0 aromatic carbocycles. The lowest BCUT2D eigenvalue weighted by molar-refractivity contribution is -0.134. The average molecular weight is 160 g/mol. The predicted molar refractivity (Wildman–Crippen MR) is 44.3 cm³/mol. The monoisotopic (exact) mass is 160 g/mol. The summed E-state index contributed by atoms with van der Waals surface area (Å²) in [6.07, 6.45) is 12.3. The number of hydrogen-bond donors (Lipinski definition) is 0. The van der Waals surface area contributed by atoms with E-state index in [0.29, 0.717) is 6.42 Å². The summed E-state index contributed by atoms with van der Waals surface area (Å²) in [7, 11) is 0. The van der Waals surface area contributed by atoms with Crippen LogP contribution in [0.3, 0.4) is 0 Å². The molecule has 0 aromatic heterocycles. The van der Waals surface area contributed by atoms with Gasteiger partial charge in [-0.1, -0.05) is 6.08 Å². The Hall–Kier alpha value is -1.33. The van der Waals surface area contributed by atoms with Gasteiger partial charge < -0.3 is 4.74 Å². The van der Waals surface area contributed by atoms with Gasteiger partial charge in [0.05, 0.1) is 6.10 Å². The summed E-state index contributed by atoms with van der Waals surface area (Å²) in [6, 6.07) is 0. The molecule has 0 radical (unpaired) electrons. The summed E-state index contributed by atoms with van der Waals surface area (Å²) < 4.78 is 5.45. The van der Waals surface area contributed by atoms with Crippen molar-refractivity contribution in [2.45, 2.75) is 18.1 Å². The van der Waals surface area contributed by atoms with Crippen LogP contribution >= 0.6 is 0 Å². The summed E-state index contributed by atoms with van der Waals surface area (Å²) in [6.45, 7) is 0. The second-order valence-corrected chi connectivity index (χ2v) is 2.94. The summed E-state index contributed by atoms with van der Waals surface area (Å²) in [5, 5.41) is 0. The van der Waals surface area contributed by atoms with Crippen molar-refractivity contribution < 1.29 is 9.53 Å². The third-order valence-electron chi connectivity index (χ3n) is 2.12. The molecule has 2 heterocycles. The van der Waals surface area contributed by atoms with Gasteiger partial charge in [-0.25, -0.2) is 0 Å². The Morgan fingerprint density at radius 1 is 1.67 bits per heavy atom. The number of ketones is 1. The van der Waals surface area contributed by atoms with Crippen LogP contribution < -0.4 is 0 Å². The molecule has 0 fully saturated rings. The third-order valence-corrected chi connectivity index (χ3v) is 2.12. The second kappa shape index (κ2) is 2.33. The summed E-state index contributed by atoms with van der Waals surface area (Å²) >= 11 is 0. The van der Waals surface area contributed by atoms with Crippen LogP contribution in [0.1, 0.15) is 6.42 Å². The highest BCUT2D eigenvalue weighted by molar-refractivity contribution is 6.00. The van der Waals surface area contributed by atoms with E-state index in [1.165, 1.54) is 0 Å². The van der Waals surface area contributed by atoms with E-state index in [1.54, 1.807) is 18.2 Å². The smallest absolute Gasteiger partial charge is 0.192 e. The molecule has 2 aliphatic rings. The number of terminal acetylenes is 1. The maximum absolute atomic E-state index is 11.4. The van der Waals surface area contributed by atoms with Crippen molar-refractivity contribution in [1.82, 2.24) is 0 Å². The zero-order valence-corrected chi connectivity index (χ0v) is 6.49. The van der Waals surface area contributed by atoms with Crippen LogP contribution in [0, 0.1) is 12.3 Å². The molecule has 0 aromatic rings. The molecule has 0 saturated carbocycles. The Morgan fingerprint density at radius 2 is 2.50 bits per heavy atom. The van der Waals surface area contributed by atoms with E-state index in [1.807, 2.05) is 6.08 Å². The quantitative estimate of drug-likeness (QED) is 0.419. The maximum atomic E-state index is 11.4. The van der Waals surface area contributed by atoms with Crippen LogP contribution in [-0.4, -0.2) is 17.5 Å². The van der Waals surface area contributed by atoms with Crippen LogP contribution in [0.25, 0.3) is 0 Å². The number of rotatable bonds is 1. The molecule has 2 nitrogen and oxygen atoms in total. The number of hydrogen-bond acceptors (Lipinski definition) is 2. The van der Waals surface area contributed by atoms with Crippen molar-refractivity contribution >= 4 is 5.78 Å². The van der Waals surface area contributed by atoms with E-state index in [4.69, 9.17) is 11.2 Å². The summed E-state index contributed by atoms with van der Waals surface area (Å²) in [4.78, 5) is 11.4. The number of fused-ring (bicyclic) bond motifs is 2. The van der Waals surface area contributed by atoms with Crippen molar-refractivity contribution in [1.29, 1.82) is 0 Å². The zero-order valence-electron chi connectivity index (χ0n) is 6.49. The van der Waals surface area contributed by atoms with Gasteiger partial charge in [0.15, 0.2) is 11.4 Å². The predicted octanol–water partition coefficient (Wildman–Crippen LogP) is 0.842. The molecule has 2 heteroatoms. The largest absolute Gasteiger partial charge is 0.350 e. The molecule has 2 bridgehead atoms. The first-order valence-electron chi connectivity index (χ1n) is 3.80. The van der Waals surface area contributed by atoms with E-state index < -0.39 is 5.60 Å². The molecule has 60 valence electrons. The fourth-order valence-electron chi connectivity index (χ4n) is 1.48. The zero-order chi connectivity index (χ0) is 8.60. The van der Waals surface area contributed by atoms with E-state index >= 15 is 0 Å². The van der Waals surface area contributed by atoms with E-state index in [0.717, 1.165) is 0 Å². The molecule has 0 amide bonds. The van der Waals surface area contributed by atoms with Crippen LogP contribution in [-0.2, 0) is 9.53 Å². The minimum atomic E-state index is -0.839. The Bertz CT molecular complexity index is 319. The third kappa shape index (κ3) is 0.838. The molecule has 0 saturated heterocycles. The fraction of sp³-hybridized carbons (Fsp3) is 0.300. The summed E-state index contributed by atoms with van der Waals surface area (Å²) in [5.41, 5.74) is -0.839. The van der Waals surface area contributed by atoms with Gasteiger partial charge in [-0.05, 0) is 18.2 Å². The molecular formula is C10H8O2. The SMILES string of the molecule is C#CCC12C=CC(C=CC1=O)O2. The topological polar surface area (TPSA) is 26.3 Å². The molecule has 12 heavy (non-hydrogen) atoms. The van der Waals surface area contributed by atoms with Crippen molar-refractivity contribution in [3.63, 3.8) is 0 Å². The molecule has 0 spiro atoms. The van der Waals surface area contributed by atoms with Gasteiger partial charge in [0.1, 0.15) is 0 Å². The van der Waals surface area contributed by atoms with Gasteiger partial charge in [0.25, 0.3) is 0 Å². The number of carbonyl (C=O) groups is 1. The average Bonchev–Trinajstić information content (AvgIpc) is 2.40. The Balaban J connectivity index is 2.38. The molecule has 2 unspecified atom stereocenters. The highest BCUT2D eigenvalue weighted by Crippen LogP contribution is 2.32. The first kappa shape index (κ1) is 7.33. The van der Waals surface area contributed by atoms with Crippen LogP contribution in [0.4, 0.5) is 0 Å². The van der Waals surface area contributed by atoms with Crippen molar-refractivity contribution in [3.8, 4) is 12.3 Å².